The Morgan fingerprint density at radius 3 is 2.63 bits per heavy atom. The van der Waals surface area contributed by atoms with Gasteiger partial charge in [-0.25, -0.2) is 0 Å². The SMILES string of the molecule is CC(=O)Sc1cc(OC2c3ccccc3C[C@H]2C)ccc1C.CCCCC(N)CC. The van der Waals surface area contributed by atoms with Crippen molar-refractivity contribution in [1.29, 1.82) is 0 Å². The Morgan fingerprint density at radius 1 is 1.23 bits per heavy atom. The average Bonchev–Trinajstić information content (AvgIpc) is 3.04. The quantitative estimate of drug-likeness (QED) is 0.490. The molecular weight excluding hydrogens is 390 g/mol. The number of nitrogens with two attached hydrogens (primary N) is 1. The third-order valence-electron chi connectivity index (χ3n) is 5.55. The van der Waals surface area contributed by atoms with Crippen LogP contribution in [0.1, 0.15) is 76.2 Å². The highest BCUT2D eigenvalue weighted by Crippen LogP contribution is 2.40. The number of hydrogen-bond donors (Lipinski definition) is 1. The van der Waals surface area contributed by atoms with Crippen LogP contribution < -0.4 is 10.5 Å². The van der Waals surface area contributed by atoms with Crippen molar-refractivity contribution in [1.82, 2.24) is 0 Å². The van der Waals surface area contributed by atoms with E-state index in [2.05, 4.69) is 45.0 Å². The Hall–Kier alpha value is -1.78. The normalized spacial score (nSPS) is 18.2. The highest BCUT2D eigenvalue weighted by Gasteiger charge is 2.30. The molecule has 0 saturated heterocycles. The fraction of sp³-hybridized carbons (Fsp3) is 0.500. The van der Waals surface area contributed by atoms with Crippen LogP contribution in [0, 0.1) is 12.8 Å². The maximum Gasteiger partial charge on any atom is 0.190 e. The molecule has 2 aromatic carbocycles. The second-order valence-electron chi connectivity index (χ2n) is 8.25. The number of unbranched alkanes of at least 4 members (excludes halogenated alkanes) is 1. The van der Waals surface area contributed by atoms with Crippen molar-refractivity contribution in [2.75, 3.05) is 0 Å². The van der Waals surface area contributed by atoms with E-state index in [1.165, 1.54) is 42.2 Å². The van der Waals surface area contributed by atoms with Gasteiger partial charge in [0.25, 0.3) is 0 Å². The van der Waals surface area contributed by atoms with Crippen LogP contribution in [0.4, 0.5) is 0 Å². The highest BCUT2D eigenvalue weighted by molar-refractivity contribution is 8.13. The molecule has 1 aliphatic carbocycles. The number of ether oxygens (including phenoxy) is 1. The number of aryl methyl sites for hydroxylation is 1. The maximum atomic E-state index is 11.4. The molecule has 4 heteroatoms. The minimum Gasteiger partial charge on any atom is -0.485 e. The molecule has 0 saturated carbocycles. The van der Waals surface area contributed by atoms with Crippen molar-refractivity contribution in [3.8, 4) is 5.75 Å². The first kappa shape index (κ1) is 24.5. The predicted octanol–water partition coefficient (Wildman–Crippen LogP) is 6.86. The monoisotopic (exact) mass is 427 g/mol. The van der Waals surface area contributed by atoms with Gasteiger partial charge >= 0.3 is 0 Å². The van der Waals surface area contributed by atoms with Gasteiger partial charge in [-0.1, -0.05) is 75.7 Å². The molecule has 0 aliphatic heterocycles. The van der Waals surface area contributed by atoms with Crippen molar-refractivity contribution < 1.29 is 9.53 Å². The standard InChI is InChI=1S/C19H20O2S.C7H17N/c1-12-8-9-16(11-18(12)22-14(3)20)21-19-13(2)10-15-6-4-5-7-17(15)19;1-3-5-6-7(8)4-2/h4-9,11,13,19H,10H2,1-3H3;7H,3-6,8H2,1-2H3/t13-,19?;/m1./s1. The van der Waals surface area contributed by atoms with E-state index in [0.717, 1.165) is 29.1 Å². The summed E-state index contributed by atoms with van der Waals surface area (Å²) in [5.41, 5.74) is 9.43. The Labute approximate surface area is 186 Å². The largest absolute Gasteiger partial charge is 0.485 e. The van der Waals surface area contributed by atoms with E-state index in [1.807, 2.05) is 25.1 Å². The van der Waals surface area contributed by atoms with Crippen LogP contribution in [0.15, 0.2) is 47.4 Å². The van der Waals surface area contributed by atoms with E-state index in [-0.39, 0.29) is 11.2 Å². The molecule has 0 amide bonds. The second-order valence-corrected chi connectivity index (χ2v) is 9.47. The molecule has 2 unspecified atom stereocenters. The molecule has 30 heavy (non-hydrogen) atoms. The number of rotatable bonds is 7. The van der Waals surface area contributed by atoms with Crippen LogP contribution in [-0.4, -0.2) is 11.2 Å². The zero-order valence-electron chi connectivity index (χ0n) is 19.1. The van der Waals surface area contributed by atoms with E-state index in [9.17, 15) is 4.79 Å². The van der Waals surface area contributed by atoms with Crippen molar-refractivity contribution in [2.45, 2.75) is 83.8 Å². The molecular formula is C26H37NO2S. The van der Waals surface area contributed by atoms with Crippen LogP contribution >= 0.6 is 11.8 Å². The number of fused-ring (bicyclic) bond motifs is 1. The molecule has 0 heterocycles. The Balaban J connectivity index is 0.000000343. The van der Waals surface area contributed by atoms with E-state index in [1.54, 1.807) is 6.92 Å². The first-order valence-electron chi connectivity index (χ1n) is 11.1. The van der Waals surface area contributed by atoms with Crippen LogP contribution in [0.3, 0.4) is 0 Å². The molecule has 3 atom stereocenters. The van der Waals surface area contributed by atoms with Gasteiger partial charge in [0.1, 0.15) is 11.9 Å². The predicted molar refractivity (Wildman–Crippen MR) is 128 cm³/mol. The zero-order chi connectivity index (χ0) is 22.1. The van der Waals surface area contributed by atoms with Gasteiger partial charge in [-0.05, 0) is 55.0 Å². The van der Waals surface area contributed by atoms with E-state index < -0.39 is 0 Å². The van der Waals surface area contributed by atoms with Crippen LogP contribution in [0.5, 0.6) is 5.75 Å². The molecule has 164 valence electrons. The van der Waals surface area contributed by atoms with Crippen LogP contribution in [0.2, 0.25) is 0 Å². The molecule has 0 radical (unpaired) electrons. The zero-order valence-corrected chi connectivity index (χ0v) is 19.9. The second kappa shape index (κ2) is 12.2. The van der Waals surface area contributed by atoms with Gasteiger partial charge < -0.3 is 10.5 Å². The Bertz CT molecular complexity index is 820. The number of thioether (sulfide) groups is 1. The van der Waals surface area contributed by atoms with Gasteiger partial charge in [0, 0.05) is 23.8 Å². The van der Waals surface area contributed by atoms with Crippen molar-refractivity contribution in [3.05, 3.63) is 59.2 Å². The fourth-order valence-electron chi connectivity index (χ4n) is 3.67. The highest BCUT2D eigenvalue weighted by atomic mass is 32.2. The third kappa shape index (κ3) is 7.17. The molecule has 2 N–H and O–H groups in total. The Kier molecular flexibility index (Phi) is 9.93. The Morgan fingerprint density at radius 2 is 1.97 bits per heavy atom. The summed E-state index contributed by atoms with van der Waals surface area (Å²) >= 11 is 1.26. The van der Waals surface area contributed by atoms with Crippen molar-refractivity contribution >= 4 is 16.9 Å². The molecule has 0 fully saturated rings. The molecule has 0 bridgehead atoms. The third-order valence-corrected chi connectivity index (χ3v) is 6.50. The van der Waals surface area contributed by atoms with Gasteiger partial charge in [0.05, 0.1) is 0 Å². The summed E-state index contributed by atoms with van der Waals surface area (Å²) in [6.07, 6.45) is 6.03. The summed E-state index contributed by atoms with van der Waals surface area (Å²) in [6.45, 7) is 10.2. The topological polar surface area (TPSA) is 52.3 Å². The van der Waals surface area contributed by atoms with Gasteiger partial charge in [-0.15, -0.1) is 0 Å². The summed E-state index contributed by atoms with van der Waals surface area (Å²) in [5, 5.41) is 0.0971. The summed E-state index contributed by atoms with van der Waals surface area (Å²) in [5.74, 6) is 1.30. The summed E-state index contributed by atoms with van der Waals surface area (Å²) < 4.78 is 6.27. The molecule has 3 nitrogen and oxygen atoms in total. The number of carbonyl (C=O) groups excluding carboxylic acids is 1. The van der Waals surface area contributed by atoms with Gasteiger partial charge in [-0.3, -0.25) is 4.79 Å². The van der Waals surface area contributed by atoms with E-state index >= 15 is 0 Å². The number of benzene rings is 2. The molecule has 1 aliphatic rings. The summed E-state index contributed by atoms with van der Waals surface area (Å²) in [4.78, 5) is 12.3. The lowest BCUT2D eigenvalue weighted by molar-refractivity contribution is -0.109. The van der Waals surface area contributed by atoms with E-state index in [4.69, 9.17) is 10.5 Å². The van der Waals surface area contributed by atoms with Gasteiger partial charge in [0.15, 0.2) is 5.12 Å². The number of hydrogen-bond acceptors (Lipinski definition) is 4. The fourth-order valence-corrected chi connectivity index (χ4v) is 4.39. The molecule has 0 spiro atoms. The average molecular weight is 428 g/mol. The first-order chi connectivity index (χ1) is 14.3. The van der Waals surface area contributed by atoms with Gasteiger partial charge in [-0.2, -0.15) is 0 Å². The molecule has 3 rings (SSSR count). The first-order valence-corrected chi connectivity index (χ1v) is 12.0. The van der Waals surface area contributed by atoms with E-state index in [0.29, 0.717) is 12.0 Å². The maximum absolute atomic E-state index is 11.4. The lowest BCUT2D eigenvalue weighted by Crippen LogP contribution is -2.17. The van der Waals surface area contributed by atoms with Crippen LogP contribution in [-0.2, 0) is 11.2 Å². The lowest BCUT2D eigenvalue weighted by atomic mass is 10.1. The van der Waals surface area contributed by atoms with Crippen molar-refractivity contribution in [3.63, 3.8) is 0 Å². The minimum absolute atomic E-state index is 0.0917. The lowest BCUT2D eigenvalue weighted by Gasteiger charge is -2.20. The smallest absolute Gasteiger partial charge is 0.190 e. The molecule has 2 aromatic rings. The van der Waals surface area contributed by atoms with Crippen molar-refractivity contribution in [2.24, 2.45) is 11.7 Å². The minimum atomic E-state index is 0.0917. The molecule has 0 aromatic heterocycles. The summed E-state index contributed by atoms with van der Waals surface area (Å²) in [7, 11) is 0. The summed E-state index contributed by atoms with van der Waals surface area (Å²) in [6, 6.07) is 14.9. The van der Waals surface area contributed by atoms with Gasteiger partial charge in [0.2, 0.25) is 0 Å². The van der Waals surface area contributed by atoms with Crippen LogP contribution in [0.25, 0.3) is 0 Å². The number of carbonyl (C=O) groups is 1.